The summed E-state index contributed by atoms with van der Waals surface area (Å²) >= 11 is 6.06. The number of amides is 1. The van der Waals surface area contributed by atoms with Crippen LogP contribution in [0, 0.1) is 0 Å². The van der Waals surface area contributed by atoms with Crippen molar-refractivity contribution >= 4 is 30.3 Å². The van der Waals surface area contributed by atoms with Crippen molar-refractivity contribution in [1.82, 2.24) is 19.8 Å². The summed E-state index contributed by atoms with van der Waals surface area (Å²) in [6.45, 7) is 2.52. The zero-order valence-corrected chi connectivity index (χ0v) is 26.2. The largest absolute Gasteiger partial charge is 0.494 e. The van der Waals surface area contributed by atoms with Crippen LogP contribution >= 0.6 is 24.4 Å². The predicted molar refractivity (Wildman–Crippen MR) is 168 cm³/mol. The molecule has 2 aliphatic rings. The molecule has 0 atom stereocenters. The van der Waals surface area contributed by atoms with Crippen LogP contribution in [0.5, 0.6) is 5.75 Å². The molecular weight excluding hydrogens is 610 g/mol. The number of nitrogens with one attached hydrogen (secondary N) is 1. The van der Waals surface area contributed by atoms with Gasteiger partial charge in [0.1, 0.15) is 5.75 Å². The molecule has 1 aliphatic carbocycles. The van der Waals surface area contributed by atoms with Gasteiger partial charge >= 0.3 is 6.18 Å². The van der Waals surface area contributed by atoms with E-state index in [0.717, 1.165) is 72.2 Å². The molecule has 1 saturated carbocycles. The van der Waals surface area contributed by atoms with Gasteiger partial charge in [-0.25, -0.2) is 4.98 Å². The molecule has 236 valence electrons. The SMILES string of the molecule is O=C(CCNCCCCCOc1ccc(C(F)(F)F)cc1)N1CCc2nc(SC3CCC3)n(-c3ccc(S)cc3)c(=O)c2C1. The van der Waals surface area contributed by atoms with Crippen molar-refractivity contribution in [3.63, 3.8) is 0 Å². The lowest BCUT2D eigenvalue weighted by molar-refractivity contribution is -0.137. The highest BCUT2D eigenvalue weighted by Gasteiger charge is 2.30. The van der Waals surface area contributed by atoms with Crippen LogP contribution < -0.4 is 15.6 Å². The smallest absolute Gasteiger partial charge is 0.416 e. The minimum atomic E-state index is -4.35. The minimum absolute atomic E-state index is 0.00591. The number of alkyl halides is 3. The lowest BCUT2D eigenvalue weighted by atomic mass is 10.0. The fourth-order valence-electron chi connectivity index (χ4n) is 5.15. The van der Waals surface area contributed by atoms with Gasteiger partial charge in [0.15, 0.2) is 5.16 Å². The molecule has 12 heteroatoms. The van der Waals surface area contributed by atoms with E-state index in [1.54, 1.807) is 21.2 Å². The molecule has 1 aliphatic heterocycles. The molecule has 5 rings (SSSR count). The van der Waals surface area contributed by atoms with Crippen LogP contribution in [0.15, 0.2) is 63.4 Å². The lowest BCUT2D eigenvalue weighted by Gasteiger charge is -2.30. The summed E-state index contributed by atoms with van der Waals surface area (Å²) in [7, 11) is 0. The number of hydrogen-bond acceptors (Lipinski definition) is 7. The summed E-state index contributed by atoms with van der Waals surface area (Å²) in [6, 6.07) is 12.2. The number of fused-ring (bicyclic) bond motifs is 1. The summed E-state index contributed by atoms with van der Waals surface area (Å²) < 4.78 is 45.2. The number of ether oxygens (including phenoxy) is 1. The highest BCUT2D eigenvalue weighted by molar-refractivity contribution is 7.99. The number of halogens is 3. The van der Waals surface area contributed by atoms with Crippen molar-refractivity contribution in [2.75, 3.05) is 26.2 Å². The summed E-state index contributed by atoms with van der Waals surface area (Å²) in [6.07, 6.45) is 2.57. The number of benzene rings is 2. The molecule has 1 amide bonds. The van der Waals surface area contributed by atoms with Crippen molar-refractivity contribution in [3.8, 4) is 11.4 Å². The Labute approximate surface area is 265 Å². The molecule has 0 spiro atoms. The molecule has 3 aromatic rings. The van der Waals surface area contributed by atoms with Crippen molar-refractivity contribution < 1.29 is 22.7 Å². The Hall–Kier alpha value is -2.96. The number of hydrogen-bond donors (Lipinski definition) is 2. The molecule has 7 nitrogen and oxygen atoms in total. The first-order valence-electron chi connectivity index (χ1n) is 15.1. The Morgan fingerprint density at radius 2 is 1.80 bits per heavy atom. The molecular formula is C32H37F3N4O3S2. The molecule has 0 saturated heterocycles. The number of carbonyl (C=O) groups is 1. The third kappa shape index (κ3) is 8.39. The van der Waals surface area contributed by atoms with Crippen LogP contribution in [0.3, 0.4) is 0 Å². The van der Waals surface area contributed by atoms with E-state index in [9.17, 15) is 22.8 Å². The topological polar surface area (TPSA) is 76.5 Å². The van der Waals surface area contributed by atoms with Crippen LogP contribution in [-0.4, -0.2) is 51.8 Å². The number of nitrogens with zero attached hydrogens (tertiary/aromatic N) is 3. The van der Waals surface area contributed by atoms with Gasteiger partial charge in [0.25, 0.3) is 5.56 Å². The van der Waals surface area contributed by atoms with Gasteiger partial charge in [0.05, 0.1) is 35.7 Å². The molecule has 1 N–H and O–H groups in total. The highest BCUT2D eigenvalue weighted by atomic mass is 32.2. The first-order valence-corrected chi connectivity index (χ1v) is 16.4. The number of aromatic nitrogens is 2. The van der Waals surface area contributed by atoms with Gasteiger partial charge in [-0.2, -0.15) is 13.2 Å². The summed E-state index contributed by atoms with van der Waals surface area (Å²) in [5, 5.41) is 4.50. The molecule has 1 fully saturated rings. The standard InChI is InChI=1S/C32H37F3N4O3S2/c33-32(34,35)22-7-11-24(12-8-22)42-20-3-1-2-17-36-18-15-29(40)38-19-16-28-27(21-38)30(41)39(23-9-13-25(43)14-10-23)31(37-28)44-26-5-4-6-26/h7-14,26,36,43H,1-6,15-21H2. The first kappa shape index (κ1) is 32.4. The van der Waals surface area contributed by atoms with Gasteiger partial charge in [-0.3, -0.25) is 14.2 Å². The second-order valence-electron chi connectivity index (χ2n) is 11.1. The van der Waals surface area contributed by atoms with E-state index in [-0.39, 0.29) is 18.0 Å². The third-order valence-electron chi connectivity index (χ3n) is 7.95. The zero-order chi connectivity index (χ0) is 31.1. The second kappa shape index (κ2) is 14.9. The van der Waals surface area contributed by atoms with Crippen LogP contribution in [0.2, 0.25) is 0 Å². The fraction of sp³-hybridized carbons (Fsp3) is 0.469. The Bertz CT molecular complexity index is 1480. The number of thioether (sulfide) groups is 1. The Kier molecular flexibility index (Phi) is 11.0. The van der Waals surface area contributed by atoms with Gasteiger partial charge in [0.2, 0.25) is 5.91 Å². The Balaban J connectivity index is 1.06. The molecule has 44 heavy (non-hydrogen) atoms. The second-order valence-corrected chi connectivity index (χ2v) is 12.9. The Morgan fingerprint density at radius 1 is 1.05 bits per heavy atom. The van der Waals surface area contributed by atoms with E-state index in [1.807, 2.05) is 24.3 Å². The predicted octanol–water partition coefficient (Wildman–Crippen LogP) is 6.30. The first-order chi connectivity index (χ1) is 21.2. The van der Waals surface area contributed by atoms with E-state index < -0.39 is 11.7 Å². The number of rotatable bonds is 13. The van der Waals surface area contributed by atoms with Crippen molar-refractivity contribution in [1.29, 1.82) is 0 Å². The van der Waals surface area contributed by atoms with Crippen LogP contribution in [0.1, 0.15) is 61.8 Å². The quantitative estimate of drug-likeness (QED) is 0.129. The number of carbonyl (C=O) groups excluding carboxylic acids is 1. The summed E-state index contributed by atoms with van der Waals surface area (Å²) in [5.41, 5.74) is 1.33. The van der Waals surface area contributed by atoms with Gasteiger partial charge in [-0.05, 0) is 87.2 Å². The normalized spacial score (nSPS) is 15.1. The van der Waals surface area contributed by atoms with Crippen molar-refractivity contribution in [2.24, 2.45) is 0 Å². The maximum Gasteiger partial charge on any atom is 0.416 e. The molecule has 0 unspecified atom stereocenters. The highest BCUT2D eigenvalue weighted by Crippen LogP contribution is 2.36. The van der Waals surface area contributed by atoms with E-state index in [1.165, 1.54) is 18.6 Å². The maximum absolute atomic E-state index is 13.8. The van der Waals surface area contributed by atoms with Gasteiger partial charge in [0, 0.05) is 36.1 Å². The van der Waals surface area contributed by atoms with E-state index in [0.29, 0.717) is 49.1 Å². The molecule has 1 aromatic heterocycles. The van der Waals surface area contributed by atoms with Crippen LogP contribution in [-0.2, 0) is 23.9 Å². The van der Waals surface area contributed by atoms with E-state index in [2.05, 4.69) is 17.9 Å². The number of unbranched alkanes of at least 4 members (excludes halogenated alkanes) is 2. The van der Waals surface area contributed by atoms with Crippen molar-refractivity contribution in [3.05, 3.63) is 75.7 Å². The summed E-state index contributed by atoms with van der Waals surface area (Å²) in [5.74, 6) is 0.427. The lowest BCUT2D eigenvalue weighted by Crippen LogP contribution is -2.42. The van der Waals surface area contributed by atoms with Crippen molar-refractivity contribution in [2.45, 2.75) is 79.4 Å². The van der Waals surface area contributed by atoms with Crippen LogP contribution in [0.4, 0.5) is 13.2 Å². The van der Waals surface area contributed by atoms with E-state index >= 15 is 0 Å². The monoisotopic (exact) mass is 646 g/mol. The van der Waals surface area contributed by atoms with Gasteiger partial charge in [-0.1, -0.05) is 18.2 Å². The fourth-order valence-corrected chi connectivity index (χ4v) is 6.62. The molecule has 2 heterocycles. The average molecular weight is 647 g/mol. The molecule has 0 bridgehead atoms. The maximum atomic E-state index is 13.8. The Morgan fingerprint density at radius 3 is 2.48 bits per heavy atom. The molecule has 2 aromatic carbocycles. The average Bonchev–Trinajstić information content (AvgIpc) is 2.98. The third-order valence-corrected chi connectivity index (χ3v) is 9.54. The molecule has 0 radical (unpaired) electrons. The minimum Gasteiger partial charge on any atom is -0.494 e. The van der Waals surface area contributed by atoms with Gasteiger partial charge in [-0.15, -0.1) is 12.6 Å². The zero-order valence-electron chi connectivity index (χ0n) is 24.4. The van der Waals surface area contributed by atoms with E-state index in [4.69, 9.17) is 9.72 Å². The van der Waals surface area contributed by atoms with Gasteiger partial charge < -0.3 is 15.0 Å². The summed E-state index contributed by atoms with van der Waals surface area (Å²) in [4.78, 5) is 34.3. The van der Waals surface area contributed by atoms with Crippen LogP contribution in [0.25, 0.3) is 5.69 Å². The number of thiol groups is 1.